The van der Waals surface area contributed by atoms with Gasteiger partial charge in [0.1, 0.15) is 0 Å². The molecule has 72 valence electrons. The summed E-state index contributed by atoms with van der Waals surface area (Å²) in [5, 5.41) is 8.00. The molecule has 0 saturated heterocycles. The van der Waals surface area contributed by atoms with E-state index in [1.165, 1.54) is 24.0 Å². The Hall–Kier alpha value is -1.31. The predicted octanol–water partition coefficient (Wildman–Crippen LogP) is 2.39. The van der Waals surface area contributed by atoms with E-state index in [9.17, 15) is 0 Å². The molecule has 1 aliphatic carbocycles. The van der Waals surface area contributed by atoms with Crippen LogP contribution < -0.4 is 0 Å². The van der Waals surface area contributed by atoms with Gasteiger partial charge in [-0.1, -0.05) is 24.3 Å². The molecule has 1 saturated carbocycles. The van der Waals surface area contributed by atoms with Gasteiger partial charge in [0, 0.05) is 19.0 Å². The lowest BCUT2D eigenvalue weighted by atomic mass is 10.1. The Bertz CT molecular complexity index is 355. The van der Waals surface area contributed by atoms with Crippen LogP contribution in [0.15, 0.2) is 24.3 Å². The molecule has 14 heavy (non-hydrogen) atoms. The molecule has 1 heterocycles. The van der Waals surface area contributed by atoms with Gasteiger partial charge in [0.15, 0.2) is 0 Å². The van der Waals surface area contributed by atoms with Crippen LogP contribution in [-0.4, -0.2) is 10.7 Å². The second-order valence-corrected chi connectivity index (χ2v) is 4.28. The average molecular weight is 186 g/mol. The van der Waals surface area contributed by atoms with Gasteiger partial charge < -0.3 is 4.90 Å². The quantitative estimate of drug-likeness (QED) is 0.529. The van der Waals surface area contributed by atoms with Gasteiger partial charge in [0.2, 0.25) is 0 Å². The zero-order valence-electron chi connectivity index (χ0n) is 8.16. The van der Waals surface area contributed by atoms with Crippen molar-refractivity contribution in [3.63, 3.8) is 0 Å². The number of hydrogen-bond donors (Lipinski definition) is 1. The number of amidine groups is 1. The van der Waals surface area contributed by atoms with Crippen molar-refractivity contribution in [1.82, 2.24) is 4.90 Å². The lowest BCUT2D eigenvalue weighted by Gasteiger charge is -2.17. The topological polar surface area (TPSA) is 27.1 Å². The Balaban J connectivity index is 1.80. The monoisotopic (exact) mass is 186 g/mol. The minimum absolute atomic E-state index is 0.573. The van der Waals surface area contributed by atoms with Crippen molar-refractivity contribution in [2.45, 2.75) is 25.9 Å². The number of nitrogens with one attached hydrogen (secondary N) is 1. The summed E-state index contributed by atoms with van der Waals surface area (Å²) in [6.07, 6.45) is 2.46. The maximum absolute atomic E-state index is 8.00. The first-order chi connectivity index (χ1) is 6.84. The molecule has 1 aliphatic heterocycles. The first-order valence-corrected chi connectivity index (χ1v) is 5.25. The van der Waals surface area contributed by atoms with E-state index in [1.54, 1.807) is 0 Å². The fraction of sp³-hybridized carbons (Fsp3) is 0.417. The van der Waals surface area contributed by atoms with E-state index < -0.39 is 0 Å². The number of hydrogen-bond acceptors (Lipinski definition) is 1. The molecular formula is C12H14N2. The molecule has 2 heteroatoms. The molecule has 1 aromatic rings. The molecule has 0 aromatic heterocycles. The first-order valence-electron chi connectivity index (χ1n) is 5.25. The maximum atomic E-state index is 8.00. The van der Waals surface area contributed by atoms with Crippen LogP contribution in [0.25, 0.3) is 0 Å². The van der Waals surface area contributed by atoms with Crippen molar-refractivity contribution in [1.29, 1.82) is 5.41 Å². The third kappa shape index (κ3) is 1.22. The van der Waals surface area contributed by atoms with E-state index in [0.29, 0.717) is 5.92 Å². The van der Waals surface area contributed by atoms with Crippen molar-refractivity contribution in [3.05, 3.63) is 35.4 Å². The van der Waals surface area contributed by atoms with Gasteiger partial charge in [0.05, 0.1) is 5.84 Å². The van der Waals surface area contributed by atoms with Crippen molar-refractivity contribution >= 4 is 5.84 Å². The zero-order valence-corrected chi connectivity index (χ0v) is 8.16. The summed E-state index contributed by atoms with van der Waals surface area (Å²) in [4.78, 5) is 2.21. The van der Waals surface area contributed by atoms with Crippen LogP contribution in [-0.2, 0) is 13.1 Å². The van der Waals surface area contributed by atoms with Crippen LogP contribution in [0.1, 0.15) is 24.0 Å². The number of rotatable bonds is 1. The van der Waals surface area contributed by atoms with Crippen molar-refractivity contribution in [2.24, 2.45) is 5.92 Å². The van der Waals surface area contributed by atoms with Crippen molar-refractivity contribution in [2.75, 3.05) is 0 Å². The van der Waals surface area contributed by atoms with Crippen molar-refractivity contribution < 1.29 is 0 Å². The molecule has 3 rings (SSSR count). The van der Waals surface area contributed by atoms with Crippen LogP contribution in [0.4, 0.5) is 0 Å². The molecule has 0 unspecified atom stereocenters. The molecule has 1 fully saturated rings. The van der Waals surface area contributed by atoms with Gasteiger partial charge in [-0.3, -0.25) is 5.41 Å². The van der Waals surface area contributed by atoms with Crippen LogP contribution in [0.2, 0.25) is 0 Å². The fourth-order valence-electron chi connectivity index (χ4n) is 2.12. The van der Waals surface area contributed by atoms with Gasteiger partial charge >= 0.3 is 0 Å². The molecule has 1 N–H and O–H groups in total. The number of benzene rings is 1. The lowest BCUT2D eigenvalue weighted by molar-refractivity contribution is 0.430. The standard InChI is InChI=1S/C12H14N2/c13-12(9-5-6-9)14-7-10-3-1-2-4-11(10)8-14/h1-4,9,13H,5-8H2. The molecule has 0 radical (unpaired) electrons. The minimum Gasteiger partial charge on any atom is -0.352 e. The SMILES string of the molecule is N=C(C1CC1)N1Cc2ccccc2C1. The summed E-state index contributed by atoms with van der Waals surface area (Å²) in [5.74, 6) is 1.44. The Kier molecular flexibility index (Phi) is 1.63. The molecule has 0 bridgehead atoms. The maximum Gasteiger partial charge on any atom is 0.0995 e. The Morgan fingerprint density at radius 1 is 1.14 bits per heavy atom. The third-order valence-corrected chi connectivity index (χ3v) is 3.15. The molecular weight excluding hydrogens is 172 g/mol. The summed E-state index contributed by atoms with van der Waals surface area (Å²) in [6, 6.07) is 8.52. The predicted molar refractivity (Wildman–Crippen MR) is 56.1 cm³/mol. The Morgan fingerprint density at radius 2 is 1.71 bits per heavy atom. The third-order valence-electron chi connectivity index (χ3n) is 3.15. The van der Waals surface area contributed by atoms with Gasteiger partial charge in [-0.2, -0.15) is 0 Å². The van der Waals surface area contributed by atoms with Crippen LogP contribution >= 0.6 is 0 Å². The second kappa shape index (κ2) is 2.84. The van der Waals surface area contributed by atoms with E-state index >= 15 is 0 Å². The normalized spacial score (nSPS) is 19.6. The Labute approximate surface area is 84.1 Å². The van der Waals surface area contributed by atoms with Gasteiger partial charge in [-0.05, 0) is 24.0 Å². The van der Waals surface area contributed by atoms with Crippen LogP contribution in [0.3, 0.4) is 0 Å². The molecule has 2 nitrogen and oxygen atoms in total. The summed E-state index contributed by atoms with van der Waals surface area (Å²) in [5.41, 5.74) is 2.80. The minimum atomic E-state index is 0.573. The van der Waals surface area contributed by atoms with Gasteiger partial charge in [0.25, 0.3) is 0 Å². The average Bonchev–Trinajstić information content (AvgIpc) is 2.95. The highest BCUT2D eigenvalue weighted by Gasteiger charge is 2.32. The summed E-state index contributed by atoms with van der Waals surface area (Å²) in [7, 11) is 0. The smallest absolute Gasteiger partial charge is 0.0995 e. The summed E-state index contributed by atoms with van der Waals surface area (Å²) >= 11 is 0. The van der Waals surface area contributed by atoms with E-state index in [2.05, 4.69) is 29.2 Å². The molecule has 2 aliphatic rings. The van der Waals surface area contributed by atoms with E-state index in [0.717, 1.165) is 18.9 Å². The van der Waals surface area contributed by atoms with E-state index in [-0.39, 0.29) is 0 Å². The number of fused-ring (bicyclic) bond motifs is 1. The summed E-state index contributed by atoms with van der Waals surface area (Å²) < 4.78 is 0. The fourth-order valence-corrected chi connectivity index (χ4v) is 2.12. The van der Waals surface area contributed by atoms with Gasteiger partial charge in [-0.15, -0.1) is 0 Å². The van der Waals surface area contributed by atoms with E-state index in [4.69, 9.17) is 5.41 Å². The zero-order chi connectivity index (χ0) is 9.54. The van der Waals surface area contributed by atoms with Gasteiger partial charge in [-0.25, -0.2) is 0 Å². The van der Waals surface area contributed by atoms with Crippen molar-refractivity contribution in [3.8, 4) is 0 Å². The highest BCUT2D eigenvalue weighted by Crippen LogP contribution is 2.34. The lowest BCUT2D eigenvalue weighted by Crippen LogP contribution is -2.25. The first kappa shape index (κ1) is 8.04. The van der Waals surface area contributed by atoms with E-state index in [1.807, 2.05) is 0 Å². The Morgan fingerprint density at radius 3 is 2.21 bits per heavy atom. The molecule has 0 amide bonds. The highest BCUT2D eigenvalue weighted by atomic mass is 15.2. The number of nitrogens with zero attached hydrogens (tertiary/aromatic N) is 1. The summed E-state index contributed by atoms with van der Waals surface area (Å²) in [6.45, 7) is 1.90. The molecule has 0 atom stereocenters. The highest BCUT2D eigenvalue weighted by molar-refractivity contribution is 5.84. The van der Waals surface area contributed by atoms with Crippen LogP contribution in [0.5, 0.6) is 0 Å². The second-order valence-electron chi connectivity index (χ2n) is 4.28. The van der Waals surface area contributed by atoms with Crippen LogP contribution in [0, 0.1) is 11.3 Å². The largest absolute Gasteiger partial charge is 0.352 e. The molecule has 1 aromatic carbocycles. The molecule has 0 spiro atoms.